The molecule has 0 aliphatic carbocycles. The molecule has 0 amide bonds. The number of imidazole rings is 1. The van der Waals surface area contributed by atoms with Crippen LogP contribution in [0.1, 0.15) is 22.3 Å². The molecule has 3 aromatic heterocycles. The highest BCUT2D eigenvalue weighted by Crippen LogP contribution is 2.36. The van der Waals surface area contributed by atoms with Gasteiger partial charge >= 0.3 is 14.1 Å². The molecule has 3 N–H and O–H groups in total. The third kappa shape index (κ3) is 12.6. The summed E-state index contributed by atoms with van der Waals surface area (Å²) in [4.78, 5) is 14.0. The molecule has 14 rings (SSSR count). The number of sulfone groups is 1. The fourth-order valence-corrected chi connectivity index (χ4v) is 11.2. The van der Waals surface area contributed by atoms with Crippen LogP contribution < -0.4 is 5.73 Å². The first kappa shape index (κ1) is 57.1. The van der Waals surface area contributed by atoms with Crippen molar-refractivity contribution in [3.63, 3.8) is 0 Å². The predicted molar refractivity (Wildman–Crippen MR) is 322 cm³/mol. The van der Waals surface area contributed by atoms with E-state index in [0.717, 1.165) is 68.9 Å². The first-order valence-electron chi connectivity index (χ1n) is 26.2. The van der Waals surface area contributed by atoms with E-state index in [1.165, 1.54) is 32.3 Å². The standard InChI is InChI=1S/C18H12.C13H10N2.C13H10O2S.C12H8N2.C8H6F4.CH4N.CH3O.CH3.Al/c1-2-8-14-13(7-1)15-9-3-4-11-17(15)18-12-6-5-10-16(14)18;1-2-6-11(7-3-1)15-10-14-12-8-4-5-9-13(12)15;14-16(15)12-7-3-1-5-10(12)9-11-6-2-4-8-13(11)16;1-3-9-5-6-10-4-2-8-14-12(10)11(9)13-7-1;1-3-5(9)7(11)4(2)8(12)6(3)10;2*1-2;;/h1-12H;1-10H;1-8H,9H2;1-8H;1-2H3;1-2H2;2H,1H2;1H3;. The quantitative estimate of drug-likeness (QED) is 0.0781. The van der Waals surface area contributed by atoms with E-state index in [1.807, 2.05) is 84.9 Å². The Kier molecular flexibility index (Phi) is 18.4. The zero-order chi connectivity index (χ0) is 57.0. The second kappa shape index (κ2) is 26.1. The van der Waals surface area contributed by atoms with E-state index in [2.05, 4.69) is 135 Å². The third-order valence-corrected chi connectivity index (χ3v) is 17.2. The topological polar surface area (TPSA) is 124 Å². The van der Waals surface area contributed by atoms with Gasteiger partial charge in [0.2, 0.25) is 9.84 Å². The minimum absolute atomic E-state index is 0.344. The average molecular weight is 1110 g/mol. The highest BCUT2D eigenvalue weighted by atomic mass is 32.2. The molecule has 404 valence electrons. The Bertz CT molecular complexity index is 4020. The second-order valence-electron chi connectivity index (χ2n) is 19.2. The van der Waals surface area contributed by atoms with Crippen LogP contribution in [0.15, 0.2) is 241 Å². The van der Waals surface area contributed by atoms with Crippen LogP contribution in [-0.2, 0) is 16.3 Å². The van der Waals surface area contributed by atoms with Gasteiger partial charge in [0.25, 0.3) is 0 Å². The maximum Gasteiger partial charge on any atom is 0.314 e. The van der Waals surface area contributed by atoms with E-state index in [9.17, 15) is 26.0 Å². The lowest BCUT2D eigenvalue weighted by Crippen LogP contribution is -2.25. The molecule has 4 heterocycles. The van der Waals surface area contributed by atoms with Gasteiger partial charge in [-0.2, -0.15) is 0 Å². The average Bonchev–Trinajstić information content (AvgIpc) is 4.00. The monoisotopic (exact) mass is 1110 g/mol. The van der Waals surface area contributed by atoms with Crippen LogP contribution in [0.4, 0.5) is 17.6 Å². The Labute approximate surface area is 471 Å². The number of aliphatic hydroxyl groups is 1. The number of aliphatic hydroxyl groups excluding tert-OH is 1. The smallest absolute Gasteiger partial charge is 0.314 e. The van der Waals surface area contributed by atoms with Crippen molar-refractivity contribution in [3.8, 4) is 5.69 Å². The fourth-order valence-electron chi connectivity index (χ4n) is 9.37. The van der Waals surface area contributed by atoms with Crippen LogP contribution in [0.2, 0.25) is 5.79 Å². The summed E-state index contributed by atoms with van der Waals surface area (Å²) < 4.78 is 77.3. The van der Waals surface area contributed by atoms with Gasteiger partial charge in [-0.3, -0.25) is 14.5 Å². The van der Waals surface area contributed by atoms with Crippen molar-refractivity contribution < 1.29 is 31.1 Å². The fraction of sp³-hybridized carbons (Fsp3) is 0.0896. The number of aromatic nitrogens is 4. The summed E-state index contributed by atoms with van der Waals surface area (Å²) in [6.45, 7) is 1.96. The van der Waals surface area contributed by atoms with Crippen molar-refractivity contribution >= 4 is 89.1 Å². The molecule has 8 nitrogen and oxygen atoms in total. The Hall–Kier alpha value is -8.61. The number of hydrogen-bond acceptors (Lipinski definition) is 7. The molecule has 0 fully saturated rings. The molecule has 1 aliphatic rings. The number of para-hydroxylation sites is 3. The number of benzene rings is 10. The summed E-state index contributed by atoms with van der Waals surface area (Å²) in [7, 11) is -3.30. The van der Waals surface area contributed by atoms with Gasteiger partial charge in [-0.25, -0.2) is 31.0 Å². The molecule has 0 saturated heterocycles. The molecule has 81 heavy (non-hydrogen) atoms. The first-order chi connectivity index (χ1) is 39.3. The summed E-state index contributed by atoms with van der Waals surface area (Å²) in [6, 6.07) is 70.9. The van der Waals surface area contributed by atoms with Crippen LogP contribution in [0.25, 0.3) is 70.8 Å². The van der Waals surface area contributed by atoms with Crippen LogP contribution in [0.3, 0.4) is 0 Å². The van der Waals surface area contributed by atoms with Crippen LogP contribution >= 0.6 is 0 Å². The molecule has 0 unspecified atom stereocenters. The van der Waals surface area contributed by atoms with Crippen LogP contribution in [0.5, 0.6) is 0 Å². The van der Waals surface area contributed by atoms with Gasteiger partial charge in [0.15, 0.2) is 23.3 Å². The molecular formula is C67H56AlF4N5O3S. The minimum Gasteiger partial charge on any atom is -0.411 e. The van der Waals surface area contributed by atoms with Crippen molar-refractivity contribution in [2.24, 2.45) is 5.73 Å². The number of fused-ring (bicyclic) bond motifs is 12. The zero-order valence-electron chi connectivity index (χ0n) is 44.7. The molecule has 10 aromatic carbocycles. The zero-order valence-corrected chi connectivity index (χ0v) is 46.7. The van der Waals surface area contributed by atoms with E-state index < -0.39 is 58.4 Å². The van der Waals surface area contributed by atoms with Crippen molar-refractivity contribution in [1.82, 2.24) is 19.5 Å². The molecule has 1 aliphatic heterocycles. The molecule has 0 atom stereocenters. The molecule has 0 saturated carbocycles. The van der Waals surface area contributed by atoms with E-state index in [-0.39, 0.29) is 0 Å². The Balaban J connectivity index is 0.000000120. The maximum absolute atomic E-state index is 12.7. The lowest BCUT2D eigenvalue weighted by atomic mass is 9.95. The summed E-state index contributed by atoms with van der Waals surface area (Å²) >= 11 is -0.827. The van der Waals surface area contributed by atoms with Gasteiger partial charge in [0.05, 0.1) is 31.9 Å². The SMILES string of the molecule is Cc1c(F)c(F)c(C)c(F)c1F.O=S1(=O)c2ccccc2Cc2ccccc21.[CH3][Al]([CH2]N)[CH2]O.c1ccc(-n2cnc3ccccc32)cc1.c1ccc2c(c1)c1ccccc1c1ccccc21.c1cnc2c(c1)ccc1cccnc12. The van der Waals surface area contributed by atoms with Gasteiger partial charge in [0.1, 0.15) is 6.33 Å². The number of rotatable bonds is 3. The van der Waals surface area contributed by atoms with Crippen molar-refractivity contribution in [2.45, 2.75) is 35.8 Å². The van der Waals surface area contributed by atoms with E-state index >= 15 is 0 Å². The van der Waals surface area contributed by atoms with Crippen molar-refractivity contribution in [1.29, 1.82) is 0 Å². The van der Waals surface area contributed by atoms with E-state index in [1.54, 1.807) is 36.7 Å². The number of nitrogens with two attached hydrogens (primary N) is 1. The highest BCUT2D eigenvalue weighted by Gasteiger charge is 2.28. The highest BCUT2D eigenvalue weighted by molar-refractivity contribution is 7.91. The number of hydrogen-bond donors (Lipinski definition) is 2. The normalized spacial score (nSPS) is 11.8. The second-order valence-corrected chi connectivity index (χ2v) is 24.1. The van der Waals surface area contributed by atoms with Crippen molar-refractivity contribution in [2.75, 3.05) is 10.9 Å². The summed E-state index contributed by atoms with van der Waals surface area (Å²) in [5.74, 6) is -3.27. The summed E-state index contributed by atoms with van der Waals surface area (Å²) in [6.07, 6.45) is 6.17. The Morgan fingerprint density at radius 1 is 0.494 bits per heavy atom. The van der Waals surface area contributed by atoms with Crippen molar-refractivity contribution in [3.05, 3.63) is 277 Å². The van der Waals surface area contributed by atoms with Crippen LogP contribution in [-0.4, -0.2) is 58.1 Å². The largest absolute Gasteiger partial charge is 0.411 e. The number of halogens is 4. The van der Waals surface area contributed by atoms with E-state index in [0.29, 0.717) is 21.7 Å². The maximum atomic E-state index is 12.7. The first-order valence-corrected chi connectivity index (χ1v) is 30.4. The molecular weight excluding hydrogens is 1060 g/mol. The molecule has 14 heteroatoms. The van der Waals surface area contributed by atoms with Gasteiger partial charge in [-0.05, 0) is 117 Å². The molecule has 0 bridgehead atoms. The molecule has 0 spiro atoms. The van der Waals surface area contributed by atoms with Gasteiger partial charge < -0.3 is 10.8 Å². The lowest BCUT2D eigenvalue weighted by molar-refractivity contribution is 0.362. The summed E-state index contributed by atoms with van der Waals surface area (Å²) in [5.41, 5.74) is 11.3. The van der Waals surface area contributed by atoms with Gasteiger partial charge in [-0.1, -0.05) is 164 Å². The lowest BCUT2D eigenvalue weighted by Gasteiger charge is -2.19. The number of nitrogens with zero attached hydrogens (tertiary/aromatic N) is 4. The molecule has 0 radical (unpaired) electrons. The Morgan fingerprint density at radius 3 is 1.28 bits per heavy atom. The predicted octanol–water partition coefficient (Wildman–Crippen LogP) is 15.4. The minimum atomic E-state index is -3.30. The van der Waals surface area contributed by atoms with Gasteiger partial charge in [0, 0.05) is 46.4 Å². The van der Waals surface area contributed by atoms with Crippen LogP contribution in [0, 0.1) is 37.1 Å². The Morgan fingerprint density at radius 2 is 0.877 bits per heavy atom. The molecule has 13 aromatic rings. The number of pyridine rings is 2. The van der Waals surface area contributed by atoms with E-state index in [4.69, 9.17) is 10.8 Å². The summed E-state index contributed by atoms with van der Waals surface area (Å²) in [5, 5.41) is 19.3. The third-order valence-electron chi connectivity index (χ3n) is 13.8. The van der Waals surface area contributed by atoms with Gasteiger partial charge in [-0.15, -0.1) is 5.79 Å².